The maximum absolute atomic E-state index is 12.4. The molecule has 126 valence electrons. The molecule has 0 radical (unpaired) electrons. The van der Waals surface area contributed by atoms with Crippen molar-refractivity contribution in [3.63, 3.8) is 0 Å². The summed E-state index contributed by atoms with van der Waals surface area (Å²) in [5.74, 6) is -0.672. The van der Waals surface area contributed by atoms with Gasteiger partial charge in [-0.1, -0.05) is 29.3 Å². The number of halogens is 1. The van der Waals surface area contributed by atoms with E-state index in [2.05, 4.69) is 10.1 Å². The van der Waals surface area contributed by atoms with E-state index in [9.17, 15) is 9.59 Å². The van der Waals surface area contributed by atoms with Gasteiger partial charge in [0, 0.05) is 4.90 Å². The molecule has 2 aromatic carbocycles. The summed E-state index contributed by atoms with van der Waals surface area (Å²) in [5, 5.41) is 2.81. The zero-order valence-corrected chi connectivity index (χ0v) is 15.2. The second-order valence-electron chi connectivity index (χ2n) is 5.25. The predicted molar refractivity (Wildman–Crippen MR) is 97.9 cm³/mol. The number of ether oxygens (including phenoxy) is 1. The second-order valence-corrected chi connectivity index (χ2v) is 7.07. The lowest BCUT2D eigenvalue weighted by molar-refractivity contribution is -0.115. The molecular weight excluding hydrogens is 346 g/mol. The number of nitrogens with one attached hydrogen (secondary N) is 1. The number of hydrogen-bond donors (Lipinski definition) is 1. The highest BCUT2D eigenvalue weighted by molar-refractivity contribution is 8.00. The number of benzene rings is 2. The molecule has 2 aromatic rings. The fraction of sp³-hybridized carbons (Fsp3) is 0.222. The number of carbonyl (C=O) groups is 2. The molecule has 6 heteroatoms. The maximum Gasteiger partial charge on any atom is 0.337 e. The standard InChI is InChI=1S/C18H18ClNO3S/c1-11-4-7-14(8-5-11)24-12(2)17(21)20-16-10-13(18(22)23-3)6-9-15(16)19/h4-10,12H,1-3H3,(H,20,21). The summed E-state index contributed by atoms with van der Waals surface area (Å²) in [7, 11) is 1.30. The van der Waals surface area contributed by atoms with Crippen molar-refractivity contribution in [2.75, 3.05) is 12.4 Å². The zero-order chi connectivity index (χ0) is 17.7. The molecule has 1 unspecified atom stereocenters. The highest BCUT2D eigenvalue weighted by Crippen LogP contribution is 2.27. The highest BCUT2D eigenvalue weighted by atomic mass is 35.5. The molecular formula is C18H18ClNO3S. The molecule has 1 amide bonds. The van der Waals surface area contributed by atoms with Gasteiger partial charge in [-0.2, -0.15) is 0 Å². The van der Waals surface area contributed by atoms with Crippen molar-refractivity contribution in [2.45, 2.75) is 24.0 Å². The zero-order valence-electron chi connectivity index (χ0n) is 13.6. The van der Waals surface area contributed by atoms with Gasteiger partial charge in [0.25, 0.3) is 0 Å². The van der Waals surface area contributed by atoms with E-state index in [-0.39, 0.29) is 11.2 Å². The van der Waals surface area contributed by atoms with Crippen LogP contribution in [0.25, 0.3) is 0 Å². The molecule has 1 atom stereocenters. The van der Waals surface area contributed by atoms with Crippen molar-refractivity contribution in [2.24, 2.45) is 0 Å². The van der Waals surface area contributed by atoms with E-state index in [1.54, 1.807) is 12.1 Å². The number of aryl methyl sites for hydroxylation is 1. The van der Waals surface area contributed by atoms with Crippen LogP contribution >= 0.6 is 23.4 Å². The molecule has 0 bridgehead atoms. The van der Waals surface area contributed by atoms with Gasteiger partial charge in [0.1, 0.15) is 0 Å². The van der Waals surface area contributed by atoms with E-state index in [4.69, 9.17) is 11.6 Å². The quantitative estimate of drug-likeness (QED) is 0.625. The third-order valence-electron chi connectivity index (χ3n) is 3.35. The average molecular weight is 364 g/mol. The van der Waals surface area contributed by atoms with Gasteiger partial charge in [-0.3, -0.25) is 4.79 Å². The lowest BCUT2D eigenvalue weighted by Crippen LogP contribution is -2.22. The Balaban J connectivity index is 2.08. The van der Waals surface area contributed by atoms with Crippen molar-refractivity contribution >= 4 is 40.9 Å². The predicted octanol–water partition coefficient (Wildman–Crippen LogP) is 4.55. The molecule has 0 aliphatic carbocycles. The maximum atomic E-state index is 12.4. The summed E-state index contributed by atoms with van der Waals surface area (Å²) in [6.07, 6.45) is 0. The van der Waals surface area contributed by atoms with Crippen LogP contribution in [-0.2, 0) is 9.53 Å². The van der Waals surface area contributed by atoms with Crippen LogP contribution in [0.5, 0.6) is 0 Å². The summed E-state index contributed by atoms with van der Waals surface area (Å²) in [4.78, 5) is 25.0. The van der Waals surface area contributed by atoms with Crippen LogP contribution in [0.1, 0.15) is 22.8 Å². The van der Waals surface area contributed by atoms with Gasteiger partial charge in [0.05, 0.1) is 28.6 Å². The Kier molecular flexibility index (Phi) is 6.29. The molecule has 0 aromatic heterocycles. The van der Waals surface area contributed by atoms with Gasteiger partial charge in [-0.15, -0.1) is 11.8 Å². The molecule has 2 rings (SSSR count). The lowest BCUT2D eigenvalue weighted by atomic mass is 10.2. The highest BCUT2D eigenvalue weighted by Gasteiger charge is 2.17. The topological polar surface area (TPSA) is 55.4 Å². The molecule has 0 heterocycles. The minimum absolute atomic E-state index is 0.190. The largest absolute Gasteiger partial charge is 0.465 e. The minimum atomic E-state index is -0.482. The van der Waals surface area contributed by atoms with Gasteiger partial charge >= 0.3 is 5.97 Å². The number of rotatable bonds is 5. The normalized spacial score (nSPS) is 11.7. The fourth-order valence-corrected chi connectivity index (χ4v) is 3.01. The smallest absolute Gasteiger partial charge is 0.337 e. The van der Waals surface area contributed by atoms with Crippen molar-refractivity contribution in [3.8, 4) is 0 Å². The fourth-order valence-electron chi connectivity index (χ4n) is 1.97. The van der Waals surface area contributed by atoms with Crippen LogP contribution in [-0.4, -0.2) is 24.2 Å². The molecule has 4 nitrogen and oxygen atoms in total. The Hall–Kier alpha value is -1.98. The average Bonchev–Trinajstić information content (AvgIpc) is 2.58. The molecule has 0 spiro atoms. The van der Waals surface area contributed by atoms with Crippen LogP contribution in [0, 0.1) is 6.92 Å². The van der Waals surface area contributed by atoms with Crippen LogP contribution in [0.2, 0.25) is 5.02 Å². The summed E-state index contributed by atoms with van der Waals surface area (Å²) in [5.41, 5.74) is 1.89. The van der Waals surface area contributed by atoms with Crippen LogP contribution in [0.15, 0.2) is 47.4 Å². The van der Waals surface area contributed by atoms with Gasteiger partial charge in [-0.05, 0) is 44.2 Å². The summed E-state index contributed by atoms with van der Waals surface area (Å²) in [6.45, 7) is 3.83. The Morgan fingerprint density at radius 2 is 1.83 bits per heavy atom. The molecule has 0 fully saturated rings. The van der Waals surface area contributed by atoms with Crippen molar-refractivity contribution in [3.05, 3.63) is 58.6 Å². The second kappa shape index (κ2) is 8.22. The van der Waals surface area contributed by atoms with E-state index < -0.39 is 5.97 Å². The summed E-state index contributed by atoms with van der Waals surface area (Å²) < 4.78 is 4.67. The molecule has 0 aliphatic heterocycles. The number of hydrogen-bond acceptors (Lipinski definition) is 4. The number of carbonyl (C=O) groups excluding carboxylic acids is 2. The van der Waals surface area contributed by atoms with Gasteiger partial charge < -0.3 is 10.1 Å². The molecule has 1 N–H and O–H groups in total. The molecule has 24 heavy (non-hydrogen) atoms. The van der Waals surface area contributed by atoms with Crippen molar-refractivity contribution in [1.82, 2.24) is 0 Å². The van der Waals surface area contributed by atoms with Gasteiger partial charge in [0.2, 0.25) is 5.91 Å². The number of methoxy groups -OCH3 is 1. The first kappa shape index (κ1) is 18.4. The van der Waals surface area contributed by atoms with Crippen LogP contribution in [0.4, 0.5) is 5.69 Å². The number of anilines is 1. The molecule has 0 saturated heterocycles. The first-order valence-corrected chi connectivity index (χ1v) is 8.58. The SMILES string of the molecule is COC(=O)c1ccc(Cl)c(NC(=O)C(C)Sc2ccc(C)cc2)c1. The Labute approximate surface area is 150 Å². The van der Waals surface area contributed by atoms with E-state index >= 15 is 0 Å². The molecule has 0 aliphatic rings. The Bertz CT molecular complexity index is 746. The van der Waals surface area contributed by atoms with E-state index in [1.165, 1.54) is 30.5 Å². The van der Waals surface area contributed by atoms with Crippen LogP contribution < -0.4 is 5.32 Å². The van der Waals surface area contributed by atoms with Gasteiger partial charge in [0.15, 0.2) is 0 Å². The van der Waals surface area contributed by atoms with Gasteiger partial charge in [-0.25, -0.2) is 4.79 Å². The van der Waals surface area contributed by atoms with E-state index in [1.807, 2.05) is 38.1 Å². The number of amides is 1. The number of esters is 1. The third kappa shape index (κ3) is 4.76. The Morgan fingerprint density at radius 3 is 2.46 bits per heavy atom. The summed E-state index contributed by atoms with van der Waals surface area (Å²) >= 11 is 7.55. The first-order chi connectivity index (χ1) is 11.4. The first-order valence-electron chi connectivity index (χ1n) is 7.32. The monoisotopic (exact) mass is 363 g/mol. The van der Waals surface area contributed by atoms with Crippen molar-refractivity contribution < 1.29 is 14.3 Å². The summed E-state index contributed by atoms with van der Waals surface area (Å²) in [6, 6.07) is 12.6. The number of thioether (sulfide) groups is 1. The third-order valence-corrected chi connectivity index (χ3v) is 4.79. The Morgan fingerprint density at radius 1 is 1.17 bits per heavy atom. The van der Waals surface area contributed by atoms with Crippen molar-refractivity contribution in [1.29, 1.82) is 0 Å². The minimum Gasteiger partial charge on any atom is -0.465 e. The van der Waals surface area contributed by atoms with E-state index in [0.29, 0.717) is 16.3 Å². The van der Waals surface area contributed by atoms with E-state index in [0.717, 1.165) is 4.90 Å². The van der Waals surface area contributed by atoms with Crippen LogP contribution in [0.3, 0.4) is 0 Å². The lowest BCUT2D eigenvalue weighted by Gasteiger charge is -2.14. The molecule has 0 saturated carbocycles.